The van der Waals surface area contributed by atoms with Gasteiger partial charge in [0.25, 0.3) is 0 Å². The lowest BCUT2D eigenvalue weighted by Gasteiger charge is -2.11. The van der Waals surface area contributed by atoms with Crippen molar-refractivity contribution in [3.63, 3.8) is 0 Å². The van der Waals surface area contributed by atoms with Crippen molar-refractivity contribution < 1.29 is 9.53 Å². The number of nitrogens with zero attached hydrogens (tertiary/aromatic N) is 1. The molecule has 0 radical (unpaired) electrons. The van der Waals surface area contributed by atoms with Crippen molar-refractivity contribution in [3.8, 4) is 5.75 Å². The van der Waals surface area contributed by atoms with Crippen LogP contribution in [0.25, 0.3) is 0 Å². The maximum atomic E-state index is 11.9. The highest BCUT2D eigenvalue weighted by Gasteiger charge is 2.03. The molecule has 0 aromatic heterocycles. The largest absolute Gasteiger partial charge is 0.489 e. The average Bonchev–Trinajstić information content (AvgIpc) is 2.59. The quantitative estimate of drug-likeness (QED) is 0.674. The van der Waals surface area contributed by atoms with Crippen LogP contribution in [0.5, 0.6) is 5.75 Å². The second-order valence-electron chi connectivity index (χ2n) is 5.97. The molecule has 0 aliphatic heterocycles. The Kier molecular flexibility index (Phi) is 7.73. The van der Waals surface area contributed by atoms with Gasteiger partial charge in [0.1, 0.15) is 12.4 Å². The van der Waals surface area contributed by atoms with Crippen molar-refractivity contribution in [3.05, 3.63) is 59.1 Å². The van der Waals surface area contributed by atoms with Gasteiger partial charge < -0.3 is 20.3 Å². The fraction of sp³-hybridized carbons (Fsp3) is 0.316. The van der Waals surface area contributed by atoms with Gasteiger partial charge in [-0.15, -0.1) is 0 Å². The van der Waals surface area contributed by atoms with Gasteiger partial charge >= 0.3 is 0 Å². The molecule has 0 heterocycles. The van der Waals surface area contributed by atoms with E-state index < -0.39 is 0 Å². The van der Waals surface area contributed by atoms with Crippen LogP contribution in [0, 0.1) is 0 Å². The summed E-state index contributed by atoms with van der Waals surface area (Å²) in [4.78, 5) is 13.9. The number of halogens is 1. The Balaban J connectivity index is 1.73. The lowest BCUT2D eigenvalue weighted by Crippen LogP contribution is -2.33. The Morgan fingerprint density at radius 1 is 1.08 bits per heavy atom. The number of likely N-dealkylation sites (N-methyl/N-ethyl adjacent to an activating group) is 1. The first-order chi connectivity index (χ1) is 12.0. The summed E-state index contributed by atoms with van der Waals surface area (Å²) in [6, 6.07) is 14.9. The van der Waals surface area contributed by atoms with Crippen LogP contribution >= 0.6 is 11.6 Å². The third-order valence-corrected chi connectivity index (χ3v) is 3.73. The van der Waals surface area contributed by atoms with Crippen LogP contribution in [0.15, 0.2) is 48.5 Å². The number of anilines is 1. The van der Waals surface area contributed by atoms with Crippen molar-refractivity contribution >= 4 is 23.2 Å². The van der Waals surface area contributed by atoms with E-state index in [1.807, 2.05) is 62.6 Å². The van der Waals surface area contributed by atoms with E-state index in [0.717, 1.165) is 30.1 Å². The number of benzene rings is 2. The number of ether oxygens (including phenoxy) is 1. The molecule has 5 nitrogen and oxygen atoms in total. The number of carbonyl (C=O) groups excluding carboxylic acids is 1. The number of hydrogen-bond donors (Lipinski definition) is 2. The fourth-order valence-corrected chi connectivity index (χ4v) is 2.22. The Morgan fingerprint density at radius 3 is 2.40 bits per heavy atom. The van der Waals surface area contributed by atoms with Gasteiger partial charge in [-0.05, 0) is 56.1 Å². The van der Waals surface area contributed by atoms with Crippen LogP contribution in [0.2, 0.25) is 5.02 Å². The molecule has 0 saturated carbocycles. The van der Waals surface area contributed by atoms with Gasteiger partial charge in [0.15, 0.2) is 0 Å². The fourth-order valence-electron chi connectivity index (χ4n) is 2.09. The number of nitrogens with one attached hydrogen (secondary N) is 2. The second-order valence-corrected chi connectivity index (χ2v) is 6.40. The maximum absolute atomic E-state index is 11.9. The Bertz CT molecular complexity index is 657. The van der Waals surface area contributed by atoms with Crippen LogP contribution in [-0.4, -0.2) is 44.5 Å². The molecule has 2 rings (SSSR count). The molecular formula is C19H24ClN3O2. The minimum atomic E-state index is -0.0615. The van der Waals surface area contributed by atoms with E-state index in [0.29, 0.717) is 18.2 Å². The Labute approximate surface area is 153 Å². The van der Waals surface area contributed by atoms with E-state index in [2.05, 4.69) is 15.5 Å². The van der Waals surface area contributed by atoms with Crippen molar-refractivity contribution in [2.75, 3.05) is 39.0 Å². The topological polar surface area (TPSA) is 53.6 Å². The molecule has 6 heteroatoms. The zero-order valence-corrected chi connectivity index (χ0v) is 15.3. The van der Waals surface area contributed by atoms with E-state index in [1.54, 1.807) is 0 Å². The zero-order chi connectivity index (χ0) is 18.1. The minimum Gasteiger partial charge on any atom is -0.489 e. The van der Waals surface area contributed by atoms with Crippen LogP contribution in [0.3, 0.4) is 0 Å². The molecular weight excluding hydrogens is 338 g/mol. The summed E-state index contributed by atoms with van der Waals surface area (Å²) in [6.07, 6.45) is 0. The molecule has 0 aliphatic carbocycles. The molecule has 0 atom stereocenters. The SMILES string of the molecule is CN(C)CCNCC(=O)Nc1ccc(OCc2ccc(Cl)cc2)cc1. The van der Waals surface area contributed by atoms with Gasteiger partial charge in [-0.3, -0.25) is 4.79 Å². The highest BCUT2D eigenvalue weighted by molar-refractivity contribution is 6.30. The van der Waals surface area contributed by atoms with Gasteiger partial charge in [-0.25, -0.2) is 0 Å². The number of amides is 1. The number of rotatable bonds is 9. The zero-order valence-electron chi connectivity index (χ0n) is 14.6. The summed E-state index contributed by atoms with van der Waals surface area (Å²) in [5.74, 6) is 0.686. The van der Waals surface area contributed by atoms with Crippen LogP contribution < -0.4 is 15.4 Å². The molecule has 0 spiro atoms. The van der Waals surface area contributed by atoms with Gasteiger partial charge in [0.2, 0.25) is 5.91 Å². The second kappa shape index (κ2) is 10.0. The summed E-state index contributed by atoms with van der Waals surface area (Å²) in [5.41, 5.74) is 1.80. The molecule has 0 aliphatic rings. The van der Waals surface area contributed by atoms with Gasteiger partial charge in [-0.1, -0.05) is 23.7 Å². The first kappa shape index (κ1) is 19.2. The van der Waals surface area contributed by atoms with E-state index >= 15 is 0 Å². The van der Waals surface area contributed by atoms with Gasteiger partial charge in [0, 0.05) is 23.8 Å². The third-order valence-electron chi connectivity index (χ3n) is 3.48. The smallest absolute Gasteiger partial charge is 0.238 e. The predicted octanol–water partition coefficient (Wildman–Crippen LogP) is 3.01. The minimum absolute atomic E-state index is 0.0615. The van der Waals surface area contributed by atoms with Crippen LogP contribution in [0.1, 0.15) is 5.56 Å². The highest BCUT2D eigenvalue weighted by atomic mass is 35.5. The van der Waals surface area contributed by atoms with Gasteiger partial charge in [-0.2, -0.15) is 0 Å². The van der Waals surface area contributed by atoms with Crippen molar-refractivity contribution in [2.45, 2.75) is 6.61 Å². The first-order valence-corrected chi connectivity index (χ1v) is 8.53. The van der Waals surface area contributed by atoms with E-state index in [9.17, 15) is 4.79 Å². The summed E-state index contributed by atoms with van der Waals surface area (Å²) < 4.78 is 5.72. The standard InChI is InChI=1S/C19H24ClN3O2/c1-23(2)12-11-21-13-19(24)22-17-7-9-18(10-8-17)25-14-15-3-5-16(20)6-4-15/h3-10,21H,11-14H2,1-2H3,(H,22,24). The first-order valence-electron chi connectivity index (χ1n) is 8.15. The van der Waals surface area contributed by atoms with Crippen molar-refractivity contribution in [1.82, 2.24) is 10.2 Å². The molecule has 0 bridgehead atoms. The normalized spacial score (nSPS) is 10.7. The molecule has 0 fully saturated rings. The number of hydrogen-bond acceptors (Lipinski definition) is 4. The average molecular weight is 362 g/mol. The predicted molar refractivity (Wildman–Crippen MR) is 102 cm³/mol. The summed E-state index contributed by atoms with van der Waals surface area (Å²) in [5, 5.41) is 6.66. The molecule has 134 valence electrons. The Morgan fingerprint density at radius 2 is 1.76 bits per heavy atom. The molecule has 0 unspecified atom stereocenters. The van der Waals surface area contributed by atoms with E-state index in [4.69, 9.17) is 16.3 Å². The monoisotopic (exact) mass is 361 g/mol. The lowest BCUT2D eigenvalue weighted by atomic mass is 10.2. The third kappa shape index (κ3) is 7.56. The highest BCUT2D eigenvalue weighted by Crippen LogP contribution is 2.17. The van der Waals surface area contributed by atoms with Crippen molar-refractivity contribution in [2.24, 2.45) is 0 Å². The molecule has 25 heavy (non-hydrogen) atoms. The molecule has 2 aromatic rings. The summed E-state index contributed by atoms with van der Waals surface area (Å²) in [6.45, 7) is 2.44. The molecule has 2 aromatic carbocycles. The van der Waals surface area contributed by atoms with Gasteiger partial charge in [0.05, 0.1) is 6.54 Å². The van der Waals surface area contributed by atoms with E-state index in [-0.39, 0.29) is 5.91 Å². The summed E-state index contributed by atoms with van der Waals surface area (Å²) >= 11 is 5.86. The summed E-state index contributed by atoms with van der Waals surface area (Å²) in [7, 11) is 4.00. The van der Waals surface area contributed by atoms with Crippen LogP contribution in [-0.2, 0) is 11.4 Å². The van der Waals surface area contributed by atoms with E-state index in [1.165, 1.54) is 0 Å². The lowest BCUT2D eigenvalue weighted by molar-refractivity contribution is -0.115. The number of carbonyl (C=O) groups is 1. The molecule has 1 amide bonds. The maximum Gasteiger partial charge on any atom is 0.238 e. The molecule has 2 N–H and O–H groups in total. The Hall–Kier alpha value is -2.08. The molecule has 0 saturated heterocycles. The van der Waals surface area contributed by atoms with Crippen molar-refractivity contribution in [1.29, 1.82) is 0 Å². The van der Waals surface area contributed by atoms with Crippen LogP contribution in [0.4, 0.5) is 5.69 Å².